The average molecular weight is 216 g/mol. The van der Waals surface area contributed by atoms with Crippen LogP contribution in [0.15, 0.2) is 0 Å². The van der Waals surface area contributed by atoms with Gasteiger partial charge in [-0.25, -0.2) is 8.78 Å². The number of amides is 1. The van der Waals surface area contributed by atoms with Crippen molar-refractivity contribution in [1.29, 1.82) is 0 Å². The van der Waals surface area contributed by atoms with Gasteiger partial charge in [0.2, 0.25) is 5.91 Å². The zero-order chi connectivity index (χ0) is 11.4. The number of hydrogen-bond acceptors (Lipinski definition) is 2. The lowest BCUT2D eigenvalue weighted by Crippen LogP contribution is -2.47. The minimum atomic E-state index is -4.18. The van der Waals surface area contributed by atoms with Crippen LogP contribution in [-0.2, 0) is 4.79 Å². The van der Waals surface area contributed by atoms with Gasteiger partial charge in [0.1, 0.15) is 0 Å². The van der Waals surface area contributed by atoms with Crippen molar-refractivity contribution in [3.8, 4) is 0 Å². The van der Waals surface area contributed by atoms with Gasteiger partial charge in [-0.3, -0.25) is 4.79 Å². The third-order valence-corrected chi connectivity index (χ3v) is 1.64. The molecule has 0 bridgehead atoms. The second-order valence-electron chi connectivity index (χ2n) is 2.79. The molecule has 1 unspecified atom stereocenters. The number of halogens is 4. The molecule has 0 aromatic rings. The fraction of sp³-hybridized carbons (Fsp3) is 0.857. The largest absolute Gasteiger partial charge is 0.348 e. The van der Waals surface area contributed by atoms with E-state index in [1.807, 2.05) is 0 Å². The number of carbonyl (C=O) groups is 1. The summed E-state index contributed by atoms with van der Waals surface area (Å²) in [5.41, 5.74) is 0. The first-order valence-corrected chi connectivity index (χ1v) is 3.92. The van der Waals surface area contributed by atoms with Gasteiger partial charge in [-0.15, -0.1) is 0 Å². The van der Waals surface area contributed by atoms with E-state index in [1.54, 1.807) is 5.32 Å². The van der Waals surface area contributed by atoms with Gasteiger partial charge in [-0.05, 0) is 14.0 Å². The molecule has 0 heterocycles. The maximum atomic E-state index is 12.3. The van der Waals surface area contributed by atoms with Crippen LogP contribution < -0.4 is 10.6 Å². The molecule has 1 atom stereocenters. The van der Waals surface area contributed by atoms with Crippen molar-refractivity contribution >= 4 is 5.91 Å². The van der Waals surface area contributed by atoms with Gasteiger partial charge in [-0.1, -0.05) is 0 Å². The zero-order valence-corrected chi connectivity index (χ0v) is 7.78. The van der Waals surface area contributed by atoms with Gasteiger partial charge in [0.05, 0.1) is 12.6 Å². The van der Waals surface area contributed by atoms with Crippen molar-refractivity contribution in [3.63, 3.8) is 0 Å². The summed E-state index contributed by atoms with van der Waals surface area (Å²) in [6.07, 6.45) is -3.77. The van der Waals surface area contributed by atoms with E-state index in [-0.39, 0.29) is 0 Å². The Hall–Kier alpha value is -0.850. The van der Waals surface area contributed by atoms with Crippen molar-refractivity contribution in [3.05, 3.63) is 0 Å². The Kier molecular flexibility index (Phi) is 4.82. The molecule has 0 fully saturated rings. The summed E-state index contributed by atoms with van der Waals surface area (Å²) in [7, 11) is 1.45. The molecule has 2 N–H and O–H groups in total. The van der Waals surface area contributed by atoms with Gasteiger partial charge in [-0.2, -0.15) is 8.78 Å². The fourth-order valence-electron chi connectivity index (χ4n) is 0.566. The van der Waals surface area contributed by atoms with E-state index in [4.69, 9.17) is 0 Å². The highest BCUT2D eigenvalue weighted by atomic mass is 19.3. The molecular weight excluding hydrogens is 204 g/mol. The van der Waals surface area contributed by atoms with Crippen LogP contribution in [0.1, 0.15) is 6.92 Å². The van der Waals surface area contributed by atoms with E-state index in [0.29, 0.717) is 0 Å². The number of likely N-dealkylation sites (N-methyl/N-ethyl adjacent to an activating group) is 1. The second kappa shape index (κ2) is 5.14. The lowest BCUT2D eigenvalue weighted by atomic mass is 10.3. The standard InChI is InChI=1S/C7H12F4N2O/c1-4(12-2)5(14)13-3-7(10,11)6(8)9/h4,6,12H,3H2,1-2H3,(H,13,14). The quantitative estimate of drug-likeness (QED) is 0.661. The summed E-state index contributed by atoms with van der Waals surface area (Å²) in [6.45, 7) is 0.0748. The van der Waals surface area contributed by atoms with Crippen molar-refractivity contribution < 1.29 is 22.4 Å². The summed E-state index contributed by atoms with van der Waals surface area (Å²) < 4.78 is 47.8. The molecule has 0 aromatic carbocycles. The van der Waals surface area contributed by atoms with Crippen LogP contribution in [0.3, 0.4) is 0 Å². The predicted octanol–water partition coefficient (Wildman–Crippen LogP) is 0.611. The minimum Gasteiger partial charge on any atom is -0.348 e. The summed E-state index contributed by atoms with van der Waals surface area (Å²) in [5.74, 6) is -4.92. The van der Waals surface area contributed by atoms with Gasteiger partial charge >= 0.3 is 12.3 Å². The van der Waals surface area contributed by atoms with Gasteiger partial charge in [0.15, 0.2) is 0 Å². The van der Waals surface area contributed by atoms with E-state index < -0.39 is 30.8 Å². The summed E-state index contributed by atoms with van der Waals surface area (Å²) >= 11 is 0. The molecule has 0 saturated heterocycles. The predicted molar refractivity (Wildman–Crippen MR) is 42.5 cm³/mol. The third-order valence-electron chi connectivity index (χ3n) is 1.64. The SMILES string of the molecule is CNC(C)C(=O)NCC(F)(F)C(F)F. The molecule has 7 heteroatoms. The Bertz CT molecular complexity index is 198. The number of hydrogen-bond donors (Lipinski definition) is 2. The molecule has 0 rings (SSSR count). The lowest BCUT2D eigenvalue weighted by molar-refractivity contribution is -0.137. The normalized spacial score (nSPS) is 14.2. The van der Waals surface area contributed by atoms with Crippen molar-refractivity contribution in [2.75, 3.05) is 13.6 Å². The number of nitrogens with one attached hydrogen (secondary N) is 2. The van der Waals surface area contributed by atoms with Crippen molar-refractivity contribution in [2.24, 2.45) is 0 Å². The number of carbonyl (C=O) groups excluding carboxylic acids is 1. The van der Waals surface area contributed by atoms with Crippen molar-refractivity contribution in [1.82, 2.24) is 10.6 Å². The molecule has 0 aliphatic rings. The molecular formula is C7H12F4N2O. The third kappa shape index (κ3) is 3.91. The summed E-state index contributed by atoms with van der Waals surface area (Å²) in [5, 5.41) is 4.21. The lowest BCUT2D eigenvalue weighted by Gasteiger charge is -2.17. The topological polar surface area (TPSA) is 41.1 Å². The first-order valence-electron chi connectivity index (χ1n) is 3.92. The molecule has 0 spiro atoms. The molecule has 3 nitrogen and oxygen atoms in total. The fourth-order valence-corrected chi connectivity index (χ4v) is 0.566. The number of alkyl halides is 4. The van der Waals surface area contributed by atoms with E-state index in [9.17, 15) is 22.4 Å². The Morgan fingerprint density at radius 1 is 1.43 bits per heavy atom. The molecule has 0 aromatic heterocycles. The molecule has 0 aliphatic carbocycles. The van der Waals surface area contributed by atoms with Crippen LogP contribution in [0.4, 0.5) is 17.6 Å². The highest BCUT2D eigenvalue weighted by molar-refractivity contribution is 5.81. The van der Waals surface area contributed by atoms with E-state index in [2.05, 4.69) is 5.32 Å². The zero-order valence-electron chi connectivity index (χ0n) is 7.78. The Morgan fingerprint density at radius 3 is 2.29 bits per heavy atom. The monoisotopic (exact) mass is 216 g/mol. The number of rotatable bonds is 5. The molecule has 14 heavy (non-hydrogen) atoms. The van der Waals surface area contributed by atoms with E-state index in [0.717, 1.165) is 0 Å². The van der Waals surface area contributed by atoms with E-state index in [1.165, 1.54) is 14.0 Å². The van der Waals surface area contributed by atoms with Gasteiger partial charge in [0.25, 0.3) is 0 Å². The highest BCUT2D eigenvalue weighted by Crippen LogP contribution is 2.21. The summed E-state index contributed by atoms with van der Waals surface area (Å²) in [6, 6.07) is -0.691. The van der Waals surface area contributed by atoms with Crippen LogP contribution in [0, 0.1) is 0 Å². The molecule has 0 saturated carbocycles. The minimum absolute atomic E-state index is 0.691. The average Bonchev–Trinajstić information content (AvgIpc) is 2.12. The molecule has 1 amide bonds. The van der Waals surface area contributed by atoms with Crippen LogP contribution in [0.2, 0.25) is 0 Å². The van der Waals surface area contributed by atoms with Gasteiger partial charge < -0.3 is 10.6 Å². The Labute approximate surface area is 78.9 Å². The first kappa shape index (κ1) is 13.2. The molecule has 0 radical (unpaired) electrons. The summed E-state index contributed by atoms with van der Waals surface area (Å²) in [4.78, 5) is 10.9. The van der Waals surface area contributed by atoms with Crippen LogP contribution >= 0.6 is 0 Å². The highest BCUT2D eigenvalue weighted by Gasteiger charge is 2.40. The Balaban J connectivity index is 4.00. The smallest absolute Gasteiger partial charge is 0.324 e. The maximum Gasteiger partial charge on any atom is 0.324 e. The first-order chi connectivity index (χ1) is 6.31. The van der Waals surface area contributed by atoms with Crippen LogP contribution in [0.25, 0.3) is 0 Å². The van der Waals surface area contributed by atoms with Crippen LogP contribution in [0.5, 0.6) is 0 Å². The van der Waals surface area contributed by atoms with E-state index >= 15 is 0 Å². The second-order valence-corrected chi connectivity index (χ2v) is 2.79. The molecule has 0 aliphatic heterocycles. The van der Waals surface area contributed by atoms with Crippen molar-refractivity contribution in [2.45, 2.75) is 25.3 Å². The Morgan fingerprint density at radius 2 is 1.93 bits per heavy atom. The maximum absolute atomic E-state index is 12.3. The molecule has 84 valence electrons. The van der Waals surface area contributed by atoms with Crippen LogP contribution in [-0.4, -0.2) is 37.9 Å². The van der Waals surface area contributed by atoms with Gasteiger partial charge in [0, 0.05) is 0 Å².